The average molecular weight is 242 g/mol. The van der Waals surface area contributed by atoms with E-state index < -0.39 is 0 Å². The normalized spacial score (nSPS) is 17.8. The van der Waals surface area contributed by atoms with E-state index in [9.17, 15) is 0 Å². The van der Waals surface area contributed by atoms with Crippen molar-refractivity contribution in [3.8, 4) is 0 Å². The molecule has 0 radical (unpaired) electrons. The topological polar surface area (TPSA) is 37.2 Å². The molecule has 0 saturated carbocycles. The van der Waals surface area contributed by atoms with Gasteiger partial charge in [0.2, 0.25) is 0 Å². The molecule has 0 aliphatic carbocycles. The molecule has 0 saturated heterocycles. The highest BCUT2D eigenvalue weighted by atomic mass is 16.3. The van der Waals surface area contributed by atoms with Crippen molar-refractivity contribution in [2.75, 3.05) is 17.2 Å². The largest absolute Gasteiger partial charge is 0.468 e. The first kappa shape index (κ1) is 11.2. The van der Waals surface area contributed by atoms with Crippen LogP contribution in [0.1, 0.15) is 16.7 Å². The molecule has 1 aliphatic heterocycles. The SMILES string of the molecule is Cc1cc(C)cc(CC2CNc3cocc3N2)c1. The first-order chi connectivity index (χ1) is 8.70. The molecule has 1 unspecified atom stereocenters. The van der Waals surface area contributed by atoms with Gasteiger partial charge in [-0.3, -0.25) is 0 Å². The number of hydrogen-bond acceptors (Lipinski definition) is 3. The van der Waals surface area contributed by atoms with Crippen molar-refractivity contribution >= 4 is 11.4 Å². The molecule has 2 N–H and O–H groups in total. The zero-order valence-corrected chi connectivity index (χ0v) is 10.8. The number of nitrogens with one attached hydrogen (secondary N) is 2. The summed E-state index contributed by atoms with van der Waals surface area (Å²) in [6.45, 7) is 5.23. The minimum atomic E-state index is 0.413. The van der Waals surface area contributed by atoms with Gasteiger partial charge in [-0.1, -0.05) is 29.3 Å². The van der Waals surface area contributed by atoms with Crippen LogP contribution in [0.4, 0.5) is 11.4 Å². The van der Waals surface area contributed by atoms with Crippen LogP contribution in [0.2, 0.25) is 0 Å². The van der Waals surface area contributed by atoms with Crippen molar-refractivity contribution in [1.82, 2.24) is 0 Å². The van der Waals surface area contributed by atoms with Crippen LogP contribution in [0, 0.1) is 13.8 Å². The van der Waals surface area contributed by atoms with E-state index in [0.29, 0.717) is 6.04 Å². The van der Waals surface area contributed by atoms with Crippen molar-refractivity contribution in [2.24, 2.45) is 0 Å². The maximum atomic E-state index is 5.18. The number of fused-ring (bicyclic) bond motifs is 1. The van der Waals surface area contributed by atoms with Crippen molar-refractivity contribution < 1.29 is 4.42 Å². The summed E-state index contributed by atoms with van der Waals surface area (Å²) in [7, 11) is 0. The number of hydrogen-bond donors (Lipinski definition) is 2. The van der Waals surface area contributed by atoms with Gasteiger partial charge in [-0.25, -0.2) is 0 Å². The van der Waals surface area contributed by atoms with Crippen LogP contribution in [0.25, 0.3) is 0 Å². The van der Waals surface area contributed by atoms with Gasteiger partial charge in [0.25, 0.3) is 0 Å². The minimum absolute atomic E-state index is 0.413. The molecule has 3 rings (SSSR count). The molecule has 0 spiro atoms. The van der Waals surface area contributed by atoms with Crippen molar-refractivity contribution in [2.45, 2.75) is 26.3 Å². The maximum Gasteiger partial charge on any atom is 0.116 e. The first-order valence-electron chi connectivity index (χ1n) is 6.34. The molecule has 2 aromatic rings. The first-order valence-corrected chi connectivity index (χ1v) is 6.34. The number of aryl methyl sites for hydroxylation is 2. The van der Waals surface area contributed by atoms with Gasteiger partial charge in [0.1, 0.15) is 12.5 Å². The molecular weight excluding hydrogens is 224 g/mol. The van der Waals surface area contributed by atoms with Crippen LogP contribution in [-0.4, -0.2) is 12.6 Å². The molecule has 1 aromatic heterocycles. The highest BCUT2D eigenvalue weighted by Gasteiger charge is 2.18. The third-order valence-corrected chi connectivity index (χ3v) is 3.32. The Bertz CT molecular complexity index is 539. The smallest absolute Gasteiger partial charge is 0.116 e. The molecule has 3 heteroatoms. The standard InChI is InChI=1S/C15H18N2O/c1-10-3-11(2)5-12(4-10)6-13-7-16-14-8-18-9-15(14)17-13/h3-5,8-9,13,16-17H,6-7H2,1-2H3. The van der Waals surface area contributed by atoms with Crippen molar-refractivity contribution in [3.63, 3.8) is 0 Å². The summed E-state index contributed by atoms with van der Waals surface area (Å²) in [6.07, 6.45) is 4.53. The van der Waals surface area contributed by atoms with E-state index in [1.165, 1.54) is 16.7 Å². The van der Waals surface area contributed by atoms with Gasteiger partial charge in [0, 0.05) is 12.6 Å². The number of benzene rings is 1. The van der Waals surface area contributed by atoms with Gasteiger partial charge >= 0.3 is 0 Å². The molecule has 0 amide bonds. The second-order valence-corrected chi connectivity index (χ2v) is 5.12. The molecule has 2 heterocycles. The Balaban J connectivity index is 1.74. The summed E-state index contributed by atoms with van der Waals surface area (Å²) in [5.74, 6) is 0. The van der Waals surface area contributed by atoms with E-state index in [4.69, 9.17) is 4.42 Å². The Kier molecular flexibility index (Phi) is 2.74. The molecule has 1 atom stereocenters. The number of rotatable bonds is 2. The zero-order chi connectivity index (χ0) is 12.5. The lowest BCUT2D eigenvalue weighted by Crippen LogP contribution is -2.34. The van der Waals surface area contributed by atoms with E-state index in [0.717, 1.165) is 24.3 Å². The Morgan fingerprint density at radius 3 is 2.61 bits per heavy atom. The van der Waals surface area contributed by atoms with E-state index in [2.05, 4.69) is 42.7 Å². The Morgan fingerprint density at radius 2 is 1.83 bits per heavy atom. The fraction of sp³-hybridized carbons (Fsp3) is 0.333. The molecule has 1 aliphatic rings. The third kappa shape index (κ3) is 2.21. The van der Waals surface area contributed by atoms with E-state index in [1.807, 2.05) is 0 Å². The summed E-state index contributed by atoms with van der Waals surface area (Å²) in [4.78, 5) is 0. The quantitative estimate of drug-likeness (QED) is 0.848. The zero-order valence-electron chi connectivity index (χ0n) is 10.8. The van der Waals surface area contributed by atoms with E-state index >= 15 is 0 Å². The van der Waals surface area contributed by atoms with E-state index in [-0.39, 0.29) is 0 Å². The Labute approximate surface area is 107 Å². The summed E-state index contributed by atoms with van der Waals surface area (Å²) >= 11 is 0. The highest BCUT2D eigenvalue weighted by molar-refractivity contribution is 5.69. The predicted molar refractivity (Wildman–Crippen MR) is 74.2 cm³/mol. The molecule has 18 heavy (non-hydrogen) atoms. The number of furan rings is 1. The van der Waals surface area contributed by atoms with Gasteiger partial charge in [0.05, 0.1) is 11.4 Å². The van der Waals surface area contributed by atoms with Gasteiger partial charge in [-0.15, -0.1) is 0 Å². The lowest BCUT2D eigenvalue weighted by atomic mass is 10.00. The molecule has 0 bridgehead atoms. The highest BCUT2D eigenvalue weighted by Crippen LogP contribution is 2.27. The molecular formula is C15H18N2O. The minimum Gasteiger partial charge on any atom is -0.468 e. The van der Waals surface area contributed by atoms with Crippen LogP contribution in [-0.2, 0) is 6.42 Å². The average Bonchev–Trinajstić information content (AvgIpc) is 2.74. The van der Waals surface area contributed by atoms with Crippen LogP contribution in [0.5, 0.6) is 0 Å². The summed E-state index contributed by atoms with van der Waals surface area (Å²) in [6, 6.07) is 7.15. The Morgan fingerprint density at radius 1 is 1.11 bits per heavy atom. The second-order valence-electron chi connectivity index (χ2n) is 5.12. The fourth-order valence-corrected chi connectivity index (χ4v) is 2.64. The fourth-order valence-electron chi connectivity index (χ4n) is 2.64. The van der Waals surface area contributed by atoms with E-state index in [1.54, 1.807) is 12.5 Å². The molecule has 0 fully saturated rings. The van der Waals surface area contributed by atoms with Crippen LogP contribution < -0.4 is 10.6 Å². The molecule has 94 valence electrons. The lowest BCUT2D eigenvalue weighted by Gasteiger charge is -2.25. The van der Waals surface area contributed by atoms with Gasteiger partial charge in [0.15, 0.2) is 0 Å². The van der Waals surface area contributed by atoms with Gasteiger partial charge in [-0.05, 0) is 25.8 Å². The molecule has 1 aromatic carbocycles. The third-order valence-electron chi connectivity index (χ3n) is 3.32. The van der Waals surface area contributed by atoms with Crippen LogP contribution >= 0.6 is 0 Å². The van der Waals surface area contributed by atoms with Crippen molar-refractivity contribution in [3.05, 3.63) is 47.4 Å². The summed E-state index contributed by atoms with van der Waals surface area (Å²) in [5, 5.41) is 6.89. The van der Waals surface area contributed by atoms with Crippen LogP contribution in [0.3, 0.4) is 0 Å². The number of anilines is 2. The lowest BCUT2D eigenvalue weighted by molar-refractivity contribution is 0.569. The maximum absolute atomic E-state index is 5.18. The van der Waals surface area contributed by atoms with Crippen molar-refractivity contribution in [1.29, 1.82) is 0 Å². The van der Waals surface area contributed by atoms with Gasteiger partial charge in [-0.2, -0.15) is 0 Å². The predicted octanol–water partition coefficient (Wildman–Crippen LogP) is 3.35. The van der Waals surface area contributed by atoms with Crippen LogP contribution in [0.15, 0.2) is 35.1 Å². The summed E-state index contributed by atoms with van der Waals surface area (Å²) in [5.41, 5.74) is 6.18. The summed E-state index contributed by atoms with van der Waals surface area (Å²) < 4.78 is 5.18. The Hall–Kier alpha value is -1.90. The second kappa shape index (κ2) is 4.41. The molecule has 3 nitrogen and oxygen atoms in total. The monoisotopic (exact) mass is 242 g/mol. The van der Waals surface area contributed by atoms with Gasteiger partial charge < -0.3 is 15.1 Å².